The van der Waals surface area contributed by atoms with Crippen LogP contribution in [-0.2, 0) is 4.79 Å². The van der Waals surface area contributed by atoms with Crippen LogP contribution in [0.2, 0.25) is 0 Å². The van der Waals surface area contributed by atoms with E-state index >= 15 is 0 Å². The third kappa shape index (κ3) is 2.84. The van der Waals surface area contributed by atoms with E-state index in [2.05, 4.69) is 4.98 Å². The number of rotatable bonds is 4. The zero-order chi connectivity index (χ0) is 12.3. The maximum Gasteiger partial charge on any atom is 0.306 e. The van der Waals surface area contributed by atoms with Crippen LogP contribution < -0.4 is 10.3 Å². The molecule has 0 aliphatic carbocycles. The molecule has 0 unspecified atom stereocenters. The Morgan fingerprint density at radius 1 is 1.29 bits per heavy atom. The van der Waals surface area contributed by atoms with Gasteiger partial charge in [0, 0.05) is 12.1 Å². The SMILES string of the molecule is O=C(O)CCOc1ccc2ccc(=O)[nH]c2c1. The second-order valence-electron chi connectivity index (χ2n) is 3.56. The lowest BCUT2D eigenvalue weighted by Gasteiger charge is -2.05. The van der Waals surface area contributed by atoms with Crippen LogP contribution in [0.15, 0.2) is 35.1 Å². The van der Waals surface area contributed by atoms with Crippen molar-refractivity contribution in [2.75, 3.05) is 6.61 Å². The summed E-state index contributed by atoms with van der Waals surface area (Å²) in [6.07, 6.45) is -0.0522. The molecule has 0 saturated carbocycles. The second-order valence-corrected chi connectivity index (χ2v) is 3.56. The van der Waals surface area contributed by atoms with E-state index < -0.39 is 5.97 Å². The first-order chi connectivity index (χ1) is 8.15. The molecule has 5 heteroatoms. The summed E-state index contributed by atoms with van der Waals surface area (Å²) >= 11 is 0. The molecule has 0 atom stereocenters. The van der Waals surface area contributed by atoms with Crippen molar-refractivity contribution in [1.82, 2.24) is 4.98 Å². The number of aliphatic carboxylic acids is 1. The van der Waals surface area contributed by atoms with Crippen molar-refractivity contribution in [3.63, 3.8) is 0 Å². The van der Waals surface area contributed by atoms with Crippen LogP contribution >= 0.6 is 0 Å². The molecule has 0 saturated heterocycles. The lowest BCUT2D eigenvalue weighted by molar-refractivity contribution is -0.137. The number of H-pyrrole nitrogens is 1. The number of hydrogen-bond acceptors (Lipinski definition) is 3. The van der Waals surface area contributed by atoms with E-state index in [4.69, 9.17) is 9.84 Å². The first kappa shape index (κ1) is 11.2. The van der Waals surface area contributed by atoms with Crippen molar-refractivity contribution in [3.8, 4) is 5.75 Å². The number of carbonyl (C=O) groups is 1. The average Bonchev–Trinajstić information content (AvgIpc) is 2.28. The summed E-state index contributed by atoms with van der Waals surface area (Å²) in [6, 6.07) is 8.39. The van der Waals surface area contributed by atoms with Crippen molar-refractivity contribution >= 4 is 16.9 Å². The number of nitrogens with one attached hydrogen (secondary N) is 1. The van der Waals surface area contributed by atoms with Crippen molar-refractivity contribution in [1.29, 1.82) is 0 Å². The number of aromatic amines is 1. The van der Waals surface area contributed by atoms with Gasteiger partial charge in [-0.1, -0.05) is 0 Å². The molecule has 0 bridgehead atoms. The van der Waals surface area contributed by atoms with E-state index in [1.807, 2.05) is 0 Å². The van der Waals surface area contributed by atoms with Crippen molar-refractivity contribution in [2.24, 2.45) is 0 Å². The third-order valence-electron chi connectivity index (χ3n) is 2.28. The largest absolute Gasteiger partial charge is 0.493 e. The summed E-state index contributed by atoms with van der Waals surface area (Å²) in [7, 11) is 0. The fourth-order valence-corrected chi connectivity index (χ4v) is 1.47. The number of carboxylic acid groups (broad SMARTS) is 1. The van der Waals surface area contributed by atoms with E-state index in [9.17, 15) is 9.59 Å². The fourth-order valence-electron chi connectivity index (χ4n) is 1.47. The Morgan fingerprint density at radius 3 is 2.82 bits per heavy atom. The summed E-state index contributed by atoms with van der Waals surface area (Å²) in [6.45, 7) is 0.109. The van der Waals surface area contributed by atoms with Gasteiger partial charge in [-0.15, -0.1) is 0 Å². The molecule has 17 heavy (non-hydrogen) atoms. The standard InChI is InChI=1S/C12H11NO4/c14-11-4-2-8-1-3-9(7-10(8)13-11)17-6-5-12(15)16/h1-4,7H,5-6H2,(H,13,14)(H,15,16). The van der Waals surface area contributed by atoms with Crippen molar-refractivity contribution < 1.29 is 14.6 Å². The molecular formula is C12H11NO4. The first-order valence-electron chi connectivity index (χ1n) is 5.13. The molecule has 1 heterocycles. The number of pyridine rings is 1. The van der Waals surface area contributed by atoms with Gasteiger partial charge in [0.25, 0.3) is 0 Å². The van der Waals surface area contributed by atoms with Crippen LogP contribution in [0.4, 0.5) is 0 Å². The summed E-state index contributed by atoms with van der Waals surface area (Å²) in [5.74, 6) is -0.361. The normalized spacial score (nSPS) is 10.4. The van der Waals surface area contributed by atoms with E-state index in [-0.39, 0.29) is 18.6 Å². The predicted molar refractivity (Wildman–Crippen MR) is 62.3 cm³/mol. The highest BCUT2D eigenvalue weighted by Gasteiger charge is 2.00. The minimum Gasteiger partial charge on any atom is -0.493 e. The zero-order valence-corrected chi connectivity index (χ0v) is 8.97. The fraction of sp³-hybridized carbons (Fsp3) is 0.167. The summed E-state index contributed by atoms with van der Waals surface area (Å²) in [5.41, 5.74) is 0.491. The molecule has 0 aliphatic rings. The Balaban J connectivity index is 2.19. The van der Waals surface area contributed by atoms with Gasteiger partial charge in [-0.3, -0.25) is 9.59 Å². The van der Waals surface area contributed by atoms with Gasteiger partial charge in [0.15, 0.2) is 0 Å². The van der Waals surface area contributed by atoms with E-state index in [1.54, 1.807) is 24.3 Å². The van der Waals surface area contributed by atoms with Gasteiger partial charge in [-0.05, 0) is 23.6 Å². The van der Waals surface area contributed by atoms with E-state index in [0.29, 0.717) is 11.3 Å². The maximum absolute atomic E-state index is 11.1. The molecule has 0 radical (unpaired) electrons. The van der Waals surface area contributed by atoms with Crippen LogP contribution in [0.5, 0.6) is 5.75 Å². The molecule has 88 valence electrons. The van der Waals surface area contributed by atoms with Gasteiger partial charge in [0.05, 0.1) is 18.5 Å². The highest BCUT2D eigenvalue weighted by atomic mass is 16.5. The molecule has 2 aromatic rings. The third-order valence-corrected chi connectivity index (χ3v) is 2.28. The summed E-state index contributed by atoms with van der Waals surface area (Å²) in [4.78, 5) is 24.1. The molecule has 1 aromatic carbocycles. The molecule has 0 fully saturated rings. The molecule has 0 aliphatic heterocycles. The van der Waals surface area contributed by atoms with Gasteiger partial charge in [-0.2, -0.15) is 0 Å². The summed E-state index contributed by atoms with van der Waals surface area (Å²) in [5, 5.41) is 9.37. The Bertz CT molecular complexity index is 603. The minimum absolute atomic E-state index is 0.0522. The Hall–Kier alpha value is -2.30. The first-order valence-corrected chi connectivity index (χ1v) is 5.13. The minimum atomic E-state index is -0.904. The highest BCUT2D eigenvalue weighted by Crippen LogP contribution is 2.17. The number of carboxylic acids is 1. The number of hydrogen-bond donors (Lipinski definition) is 2. The predicted octanol–water partition coefficient (Wildman–Crippen LogP) is 1.38. The molecule has 5 nitrogen and oxygen atoms in total. The lowest BCUT2D eigenvalue weighted by Crippen LogP contribution is -2.05. The second kappa shape index (κ2) is 4.69. The van der Waals surface area contributed by atoms with Gasteiger partial charge >= 0.3 is 5.97 Å². The van der Waals surface area contributed by atoms with Crippen LogP contribution in [0.3, 0.4) is 0 Å². The quantitative estimate of drug-likeness (QED) is 0.836. The van der Waals surface area contributed by atoms with Crippen LogP contribution in [0, 0.1) is 0 Å². The highest BCUT2D eigenvalue weighted by molar-refractivity contribution is 5.79. The van der Waals surface area contributed by atoms with Crippen LogP contribution in [-0.4, -0.2) is 22.7 Å². The van der Waals surface area contributed by atoms with E-state index in [0.717, 1.165) is 5.39 Å². The monoisotopic (exact) mass is 233 g/mol. The van der Waals surface area contributed by atoms with E-state index in [1.165, 1.54) is 6.07 Å². The molecule has 2 rings (SSSR count). The van der Waals surface area contributed by atoms with Crippen molar-refractivity contribution in [2.45, 2.75) is 6.42 Å². The zero-order valence-electron chi connectivity index (χ0n) is 8.97. The number of aromatic nitrogens is 1. The Labute approximate surface area is 96.7 Å². The Kier molecular flexibility index (Phi) is 3.09. The van der Waals surface area contributed by atoms with Gasteiger partial charge in [-0.25, -0.2) is 0 Å². The molecule has 0 spiro atoms. The van der Waals surface area contributed by atoms with Crippen molar-refractivity contribution in [3.05, 3.63) is 40.7 Å². The van der Waals surface area contributed by atoms with Gasteiger partial charge in [0.2, 0.25) is 5.56 Å². The lowest BCUT2D eigenvalue weighted by atomic mass is 10.2. The average molecular weight is 233 g/mol. The number of ether oxygens (including phenoxy) is 1. The van der Waals surface area contributed by atoms with Crippen LogP contribution in [0.1, 0.15) is 6.42 Å². The number of fused-ring (bicyclic) bond motifs is 1. The smallest absolute Gasteiger partial charge is 0.306 e. The topological polar surface area (TPSA) is 79.4 Å². The van der Waals surface area contributed by atoms with Gasteiger partial charge < -0.3 is 14.8 Å². The Morgan fingerprint density at radius 2 is 2.06 bits per heavy atom. The summed E-state index contributed by atoms with van der Waals surface area (Å²) < 4.78 is 5.26. The number of benzene rings is 1. The maximum atomic E-state index is 11.1. The molecule has 2 N–H and O–H groups in total. The molecule has 1 aromatic heterocycles. The van der Waals surface area contributed by atoms with Gasteiger partial charge in [0.1, 0.15) is 5.75 Å². The molecule has 0 amide bonds. The molecular weight excluding hydrogens is 222 g/mol. The van der Waals surface area contributed by atoms with Crippen LogP contribution in [0.25, 0.3) is 10.9 Å².